The predicted octanol–water partition coefficient (Wildman–Crippen LogP) is 4.54. The zero-order valence-corrected chi connectivity index (χ0v) is 13.7. The smallest absolute Gasteiger partial charge is 0.347 e. The SMILES string of the molecule is Cc1cc(OCc2ccccc2)cc2oc(=O)c3c(O)cccc3c12. The van der Waals surface area contributed by atoms with Crippen LogP contribution in [0.5, 0.6) is 11.5 Å². The van der Waals surface area contributed by atoms with Crippen LogP contribution in [0, 0.1) is 6.92 Å². The van der Waals surface area contributed by atoms with Crippen LogP contribution in [0.15, 0.2) is 69.9 Å². The molecule has 4 heteroatoms. The lowest BCUT2D eigenvalue weighted by molar-refractivity contribution is 0.306. The minimum Gasteiger partial charge on any atom is -0.507 e. The van der Waals surface area contributed by atoms with Crippen LogP contribution in [0.4, 0.5) is 0 Å². The van der Waals surface area contributed by atoms with Crippen molar-refractivity contribution in [1.29, 1.82) is 0 Å². The standard InChI is InChI=1S/C21H16O4/c1-13-10-15(24-12-14-6-3-2-4-7-14)11-18-19(13)16-8-5-9-17(22)20(16)21(23)25-18/h2-11,22H,12H2,1H3. The van der Waals surface area contributed by atoms with E-state index in [0.717, 1.165) is 16.5 Å². The molecular formula is C21H16O4. The van der Waals surface area contributed by atoms with Crippen LogP contribution >= 0.6 is 0 Å². The van der Waals surface area contributed by atoms with E-state index in [1.807, 2.05) is 49.4 Å². The molecule has 0 bridgehead atoms. The predicted molar refractivity (Wildman–Crippen MR) is 97.2 cm³/mol. The van der Waals surface area contributed by atoms with Gasteiger partial charge < -0.3 is 14.3 Å². The fourth-order valence-corrected chi connectivity index (χ4v) is 3.09. The van der Waals surface area contributed by atoms with Crippen LogP contribution in [0.3, 0.4) is 0 Å². The Labute approximate surface area is 143 Å². The van der Waals surface area contributed by atoms with Crippen molar-refractivity contribution < 1.29 is 14.3 Å². The molecule has 0 fully saturated rings. The highest BCUT2D eigenvalue weighted by molar-refractivity contribution is 6.08. The molecule has 0 aliphatic carbocycles. The first-order chi connectivity index (χ1) is 12.1. The normalized spacial score (nSPS) is 11.1. The lowest BCUT2D eigenvalue weighted by atomic mass is 10.0. The largest absolute Gasteiger partial charge is 0.507 e. The molecule has 0 aliphatic heterocycles. The van der Waals surface area contributed by atoms with Gasteiger partial charge in [-0.25, -0.2) is 4.79 Å². The van der Waals surface area contributed by atoms with E-state index < -0.39 is 5.63 Å². The molecule has 0 radical (unpaired) electrons. The van der Waals surface area contributed by atoms with Crippen molar-refractivity contribution >= 4 is 21.7 Å². The van der Waals surface area contributed by atoms with Gasteiger partial charge >= 0.3 is 5.63 Å². The summed E-state index contributed by atoms with van der Waals surface area (Å²) in [5.74, 6) is 0.563. The zero-order valence-electron chi connectivity index (χ0n) is 13.7. The highest BCUT2D eigenvalue weighted by Gasteiger charge is 2.14. The summed E-state index contributed by atoms with van der Waals surface area (Å²) in [5, 5.41) is 11.7. The summed E-state index contributed by atoms with van der Waals surface area (Å²) in [7, 11) is 0. The Morgan fingerprint density at radius 2 is 1.80 bits per heavy atom. The van der Waals surface area contributed by atoms with E-state index in [1.54, 1.807) is 12.1 Å². The number of aryl methyl sites for hydroxylation is 1. The van der Waals surface area contributed by atoms with Crippen molar-refractivity contribution in [3.8, 4) is 11.5 Å². The van der Waals surface area contributed by atoms with Crippen LogP contribution < -0.4 is 10.4 Å². The molecule has 0 atom stereocenters. The van der Waals surface area contributed by atoms with Gasteiger partial charge in [-0.3, -0.25) is 0 Å². The van der Waals surface area contributed by atoms with Crippen molar-refractivity contribution in [2.24, 2.45) is 0 Å². The molecule has 3 aromatic carbocycles. The summed E-state index contributed by atoms with van der Waals surface area (Å²) in [5.41, 5.74) is 1.87. The summed E-state index contributed by atoms with van der Waals surface area (Å²) in [4.78, 5) is 12.2. The van der Waals surface area contributed by atoms with Crippen molar-refractivity contribution in [3.63, 3.8) is 0 Å². The number of phenols is 1. The van der Waals surface area contributed by atoms with Crippen molar-refractivity contribution in [2.75, 3.05) is 0 Å². The molecule has 0 unspecified atom stereocenters. The van der Waals surface area contributed by atoms with E-state index in [4.69, 9.17) is 9.15 Å². The minimum atomic E-state index is -0.555. The maximum atomic E-state index is 12.2. The second-order valence-electron chi connectivity index (χ2n) is 5.98. The molecule has 4 aromatic rings. The summed E-state index contributed by atoms with van der Waals surface area (Å²) in [6, 6.07) is 18.5. The molecule has 0 saturated carbocycles. The van der Waals surface area contributed by atoms with E-state index >= 15 is 0 Å². The Morgan fingerprint density at radius 3 is 2.60 bits per heavy atom. The quantitative estimate of drug-likeness (QED) is 0.442. The van der Waals surface area contributed by atoms with E-state index in [9.17, 15) is 9.90 Å². The third-order valence-electron chi connectivity index (χ3n) is 4.24. The molecule has 1 heterocycles. The van der Waals surface area contributed by atoms with Gasteiger partial charge in [-0.05, 0) is 30.2 Å². The minimum absolute atomic E-state index is 0.0723. The lowest BCUT2D eigenvalue weighted by Crippen LogP contribution is -2.02. The molecule has 1 aromatic heterocycles. The van der Waals surface area contributed by atoms with Gasteiger partial charge in [0.15, 0.2) is 0 Å². The number of phenolic OH excluding ortho intramolecular Hbond substituents is 1. The van der Waals surface area contributed by atoms with Gasteiger partial charge in [0, 0.05) is 16.8 Å². The Balaban J connectivity index is 1.82. The monoisotopic (exact) mass is 332 g/mol. The highest BCUT2D eigenvalue weighted by Crippen LogP contribution is 2.33. The molecule has 0 saturated heterocycles. The van der Waals surface area contributed by atoms with Crippen LogP contribution in [-0.2, 0) is 6.61 Å². The lowest BCUT2D eigenvalue weighted by Gasteiger charge is -2.11. The Kier molecular flexibility index (Phi) is 3.65. The first kappa shape index (κ1) is 15.3. The Bertz CT molecular complexity index is 1130. The molecule has 0 spiro atoms. The van der Waals surface area contributed by atoms with Crippen molar-refractivity contribution in [1.82, 2.24) is 0 Å². The average molecular weight is 332 g/mol. The molecule has 1 N–H and O–H groups in total. The van der Waals surface area contributed by atoms with Crippen LogP contribution in [0.2, 0.25) is 0 Å². The first-order valence-electron chi connectivity index (χ1n) is 7.99. The van der Waals surface area contributed by atoms with Gasteiger partial charge in [-0.2, -0.15) is 0 Å². The van der Waals surface area contributed by atoms with Gasteiger partial charge in [0.1, 0.15) is 29.1 Å². The van der Waals surface area contributed by atoms with E-state index in [1.165, 1.54) is 6.07 Å². The first-order valence-corrected chi connectivity index (χ1v) is 7.99. The highest BCUT2D eigenvalue weighted by atomic mass is 16.5. The molecular weight excluding hydrogens is 316 g/mol. The molecule has 124 valence electrons. The number of fused-ring (bicyclic) bond motifs is 3. The maximum Gasteiger partial charge on any atom is 0.347 e. The molecule has 4 nitrogen and oxygen atoms in total. The number of aromatic hydroxyl groups is 1. The van der Waals surface area contributed by atoms with E-state index in [0.29, 0.717) is 23.3 Å². The van der Waals surface area contributed by atoms with E-state index in [2.05, 4.69) is 0 Å². The zero-order chi connectivity index (χ0) is 17.4. The number of ether oxygens (including phenoxy) is 1. The second-order valence-corrected chi connectivity index (χ2v) is 5.98. The Morgan fingerprint density at radius 1 is 1.00 bits per heavy atom. The van der Waals surface area contributed by atoms with Crippen molar-refractivity contribution in [2.45, 2.75) is 13.5 Å². The summed E-state index contributed by atoms with van der Waals surface area (Å²) >= 11 is 0. The fraction of sp³-hybridized carbons (Fsp3) is 0.0952. The number of hydrogen-bond acceptors (Lipinski definition) is 4. The maximum absolute atomic E-state index is 12.2. The van der Waals surface area contributed by atoms with E-state index in [-0.39, 0.29) is 11.1 Å². The molecule has 0 aliphatic rings. The molecule has 0 amide bonds. The average Bonchev–Trinajstić information content (AvgIpc) is 2.60. The Hall–Kier alpha value is -3.27. The third-order valence-corrected chi connectivity index (χ3v) is 4.24. The van der Waals surface area contributed by atoms with Gasteiger partial charge in [0.05, 0.1) is 0 Å². The van der Waals surface area contributed by atoms with Crippen LogP contribution in [0.1, 0.15) is 11.1 Å². The van der Waals surface area contributed by atoms with Crippen LogP contribution in [-0.4, -0.2) is 5.11 Å². The van der Waals surface area contributed by atoms with Crippen molar-refractivity contribution in [3.05, 3.63) is 82.2 Å². The second kappa shape index (κ2) is 5.98. The van der Waals surface area contributed by atoms with Gasteiger partial charge in [0.2, 0.25) is 0 Å². The summed E-state index contributed by atoms with van der Waals surface area (Å²) in [6.07, 6.45) is 0. The topological polar surface area (TPSA) is 59.7 Å². The summed E-state index contributed by atoms with van der Waals surface area (Å²) in [6.45, 7) is 2.37. The number of benzene rings is 3. The summed E-state index contributed by atoms with van der Waals surface area (Å²) < 4.78 is 11.3. The van der Waals surface area contributed by atoms with Gasteiger partial charge in [-0.15, -0.1) is 0 Å². The molecule has 4 rings (SSSR count). The third kappa shape index (κ3) is 2.72. The molecule has 25 heavy (non-hydrogen) atoms. The van der Waals surface area contributed by atoms with Gasteiger partial charge in [0.25, 0.3) is 0 Å². The van der Waals surface area contributed by atoms with Gasteiger partial charge in [-0.1, -0.05) is 42.5 Å². The number of hydrogen-bond donors (Lipinski definition) is 1. The number of rotatable bonds is 3. The van der Waals surface area contributed by atoms with Crippen LogP contribution in [0.25, 0.3) is 21.7 Å². The fourth-order valence-electron chi connectivity index (χ4n) is 3.09.